The van der Waals surface area contributed by atoms with Crippen LogP contribution in [0.15, 0.2) is 18.2 Å². The summed E-state index contributed by atoms with van der Waals surface area (Å²) in [6.45, 7) is 3.69. The summed E-state index contributed by atoms with van der Waals surface area (Å²) >= 11 is 1.58. The highest BCUT2D eigenvalue weighted by molar-refractivity contribution is 7.15. The van der Waals surface area contributed by atoms with Gasteiger partial charge in [0.15, 0.2) is 0 Å². The zero-order valence-electron chi connectivity index (χ0n) is 10.3. The number of hydrogen-bond donors (Lipinski definition) is 0. The van der Waals surface area contributed by atoms with Crippen molar-refractivity contribution in [1.82, 2.24) is 4.98 Å². The molecule has 2 nitrogen and oxygen atoms in total. The molecule has 0 spiro atoms. The van der Waals surface area contributed by atoms with E-state index in [-0.39, 0.29) is 5.82 Å². The Balaban J connectivity index is 2.33. The molecule has 0 saturated heterocycles. The normalized spacial score (nSPS) is 10.3. The largest absolute Gasteiger partial charge is 0.241 e. The second-order valence-corrected chi connectivity index (χ2v) is 5.23. The predicted molar refractivity (Wildman–Crippen MR) is 70.9 cm³/mol. The molecule has 0 aliphatic rings. The fourth-order valence-corrected chi connectivity index (χ4v) is 2.79. The Morgan fingerprint density at radius 3 is 2.83 bits per heavy atom. The van der Waals surface area contributed by atoms with Crippen LogP contribution in [0.4, 0.5) is 4.39 Å². The quantitative estimate of drug-likeness (QED) is 0.835. The number of thiazole rings is 1. The smallest absolute Gasteiger partial charge is 0.126 e. The molecule has 0 N–H and O–H groups in total. The molecule has 0 fully saturated rings. The van der Waals surface area contributed by atoms with Gasteiger partial charge in [-0.25, -0.2) is 9.37 Å². The third-order valence-corrected chi connectivity index (χ3v) is 4.03. The molecule has 1 heterocycles. The molecule has 2 aromatic rings. The van der Waals surface area contributed by atoms with E-state index in [1.54, 1.807) is 24.3 Å². The number of nitriles is 1. The number of aromatic nitrogens is 1. The van der Waals surface area contributed by atoms with Gasteiger partial charge in [0.05, 0.1) is 11.8 Å². The Labute approximate surface area is 110 Å². The van der Waals surface area contributed by atoms with Crippen LogP contribution in [0.5, 0.6) is 0 Å². The summed E-state index contributed by atoms with van der Waals surface area (Å²) in [6, 6.07) is 7.16. The van der Waals surface area contributed by atoms with Gasteiger partial charge in [0.25, 0.3) is 0 Å². The maximum atomic E-state index is 13.2. The molecular weight excluding hydrogens is 247 g/mol. The molecule has 0 bridgehead atoms. The topological polar surface area (TPSA) is 36.7 Å². The van der Waals surface area contributed by atoms with Gasteiger partial charge < -0.3 is 0 Å². The van der Waals surface area contributed by atoms with Crippen molar-refractivity contribution in [3.8, 4) is 16.6 Å². The molecular formula is C14H13FN2S. The van der Waals surface area contributed by atoms with Crippen molar-refractivity contribution >= 4 is 11.3 Å². The Bertz CT molecular complexity index is 611. The first-order valence-corrected chi connectivity index (χ1v) is 6.53. The van der Waals surface area contributed by atoms with Crippen LogP contribution >= 0.6 is 11.3 Å². The number of nitrogens with zero attached hydrogens (tertiary/aromatic N) is 2. The van der Waals surface area contributed by atoms with Crippen LogP contribution < -0.4 is 0 Å². The maximum Gasteiger partial charge on any atom is 0.126 e. The molecule has 0 aliphatic carbocycles. The Morgan fingerprint density at radius 1 is 1.39 bits per heavy atom. The van der Waals surface area contributed by atoms with E-state index in [4.69, 9.17) is 5.26 Å². The lowest BCUT2D eigenvalue weighted by Crippen LogP contribution is -1.84. The van der Waals surface area contributed by atoms with Crippen LogP contribution in [0.3, 0.4) is 0 Å². The Hall–Kier alpha value is -1.73. The van der Waals surface area contributed by atoms with Crippen LogP contribution in [0, 0.1) is 31.0 Å². The summed E-state index contributed by atoms with van der Waals surface area (Å²) in [5.41, 5.74) is 2.52. The van der Waals surface area contributed by atoms with E-state index in [0.29, 0.717) is 12.0 Å². The van der Waals surface area contributed by atoms with E-state index < -0.39 is 0 Å². The third-order valence-electron chi connectivity index (χ3n) is 2.76. The van der Waals surface area contributed by atoms with Crippen molar-refractivity contribution in [3.05, 3.63) is 40.2 Å². The standard InChI is InChI=1S/C14H13FN2S/c1-9-8-11(5-6-12(9)15)14-17-10(2)13(18-14)4-3-7-16/h5-6,8H,3-4H2,1-2H3. The van der Waals surface area contributed by atoms with Gasteiger partial charge in [-0.05, 0) is 44.0 Å². The summed E-state index contributed by atoms with van der Waals surface area (Å²) in [6.07, 6.45) is 1.24. The van der Waals surface area contributed by atoms with Crippen LogP contribution in [-0.2, 0) is 6.42 Å². The minimum Gasteiger partial charge on any atom is -0.241 e. The molecule has 0 radical (unpaired) electrons. The highest BCUT2D eigenvalue weighted by Gasteiger charge is 2.10. The molecule has 1 aromatic heterocycles. The van der Waals surface area contributed by atoms with Crippen LogP contribution in [0.2, 0.25) is 0 Å². The molecule has 0 atom stereocenters. The summed E-state index contributed by atoms with van der Waals surface area (Å²) in [7, 11) is 0. The molecule has 0 amide bonds. The second kappa shape index (κ2) is 5.28. The Morgan fingerprint density at radius 2 is 2.17 bits per heavy atom. The van der Waals surface area contributed by atoms with Gasteiger partial charge in [-0.1, -0.05) is 0 Å². The highest BCUT2D eigenvalue weighted by atomic mass is 32.1. The molecule has 0 unspecified atom stereocenters. The zero-order chi connectivity index (χ0) is 13.1. The second-order valence-electron chi connectivity index (χ2n) is 4.15. The first kappa shape index (κ1) is 12.7. The summed E-state index contributed by atoms with van der Waals surface area (Å²) in [4.78, 5) is 5.62. The summed E-state index contributed by atoms with van der Waals surface area (Å²) in [5, 5.41) is 9.49. The number of aryl methyl sites for hydroxylation is 3. The van der Waals surface area contributed by atoms with Gasteiger partial charge in [-0.3, -0.25) is 0 Å². The molecule has 4 heteroatoms. The minimum atomic E-state index is -0.197. The lowest BCUT2D eigenvalue weighted by Gasteiger charge is -1.99. The van der Waals surface area contributed by atoms with E-state index >= 15 is 0 Å². The lowest BCUT2D eigenvalue weighted by atomic mass is 10.1. The van der Waals surface area contributed by atoms with E-state index in [2.05, 4.69) is 11.1 Å². The number of halogens is 1. The van der Waals surface area contributed by atoms with Crippen molar-refractivity contribution < 1.29 is 4.39 Å². The maximum absolute atomic E-state index is 13.2. The molecule has 92 valence electrons. The molecule has 1 aromatic carbocycles. The predicted octanol–water partition coefficient (Wildman–Crippen LogP) is 4.02. The number of rotatable bonds is 3. The van der Waals surface area contributed by atoms with Crippen LogP contribution in [0.25, 0.3) is 10.6 Å². The minimum absolute atomic E-state index is 0.197. The van der Waals surface area contributed by atoms with Crippen molar-refractivity contribution in [3.63, 3.8) is 0 Å². The van der Waals surface area contributed by atoms with Crippen LogP contribution in [0.1, 0.15) is 22.6 Å². The van der Waals surface area contributed by atoms with Gasteiger partial charge in [-0.15, -0.1) is 11.3 Å². The van der Waals surface area contributed by atoms with Crippen molar-refractivity contribution in [2.24, 2.45) is 0 Å². The van der Waals surface area contributed by atoms with E-state index in [1.165, 1.54) is 6.07 Å². The highest BCUT2D eigenvalue weighted by Crippen LogP contribution is 2.29. The fourth-order valence-electron chi connectivity index (χ4n) is 1.73. The number of hydrogen-bond acceptors (Lipinski definition) is 3. The first-order valence-electron chi connectivity index (χ1n) is 5.71. The average molecular weight is 260 g/mol. The van der Waals surface area contributed by atoms with Crippen molar-refractivity contribution in [2.75, 3.05) is 0 Å². The average Bonchev–Trinajstić information content (AvgIpc) is 2.72. The van der Waals surface area contributed by atoms with Crippen molar-refractivity contribution in [1.29, 1.82) is 5.26 Å². The molecule has 18 heavy (non-hydrogen) atoms. The van der Waals surface area contributed by atoms with Gasteiger partial charge in [-0.2, -0.15) is 5.26 Å². The first-order chi connectivity index (χ1) is 8.61. The molecule has 0 aliphatic heterocycles. The van der Waals surface area contributed by atoms with Crippen molar-refractivity contribution in [2.45, 2.75) is 26.7 Å². The van der Waals surface area contributed by atoms with E-state index in [0.717, 1.165) is 27.6 Å². The van der Waals surface area contributed by atoms with E-state index in [9.17, 15) is 4.39 Å². The van der Waals surface area contributed by atoms with E-state index in [1.807, 2.05) is 13.0 Å². The Kier molecular flexibility index (Phi) is 3.73. The van der Waals surface area contributed by atoms with Gasteiger partial charge in [0.2, 0.25) is 0 Å². The fraction of sp³-hybridized carbons (Fsp3) is 0.286. The summed E-state index contributed by atoms with van der Waals surface area (Å²) in [5.74, 6) is -0.197. The number of benzene rings is 1. The summed E-state index contributed by atoms with van der Waals surface area (Å²) < 4.78 is 13.2. The molecule has 2 rings (SSSR count). The van der Waals surface area contributed by atoms with Crippen LogP contribution in [-0.4, -0.2) is 4.98 Å². The van der Waals surface area contributed by atoms with Gasteiger partial charge in [0.1, 0.15) is 10.8 Å². The monoisotopic (exact) mass is 260 g/mol. The zero-order valence-corrected chi connectivity index (χ0v) is 11.1. The molecule has 0 saturated carbocycles. The third kappa shape index (κ3) is 2.57. The lowest BCUT2D eigenvalue weighted by molar-refractivity contribution is 0.619. The van der Waals surface area contributed by atoms with Gasteiger partial charge in [0, 0.05) is 16.9 Å². The SMILES string of the molecule is Cc1cc(-c2nc(C)c(CCC#N)s2)ccc1F. The van der Waals surface area contributed by atoms with Gasteiger partial charge >= 0.3 is 0 Å².